The van der Waals surface area contributed by atoms with Gasteiger partial charge in [0.05, 0.1) is 5.41 Å². The number of carbonyl (C=O) groups is 3. The summed E-state index contributed by atoms with van der Waals surface area (Å²) >= 11 is 0. The number of nitrogens with one attached hydrogen (secondary N) is 1. The lowest BCUT2D eigenvalue weighted by atomic mass is 9.82. The smallest absolute Gasteiger partial charge is 0.407 e. The molecule has 0 radical (unpaired) electrons. The van der Waals surface area contributed by atoms with Crippen LogP contribution in [0.3, 0.4) is 0 Å². The zero-order valence-corrected chi connectivity index (χ0v) is 20.6. The molecular formula is C28H34N2O5. The van der Waals surface area contributed by atoms with E-state index in [1.165, 1.54) is 4.90 Å². The number of hydrogen-bond donors (Lipinski definition) is 2. The molecule has 4 rings (SSSR count). The summed E-state index contributed by atoms with van der Waals surface area (Å²) in [6.07, 6.45) is 2.11. The van der Waals surface area contributed by atoms with E-state index < -0.39 is 23.5 Å². The normalized spacial score (nSPS) is 21.6. The molecule has 0 heterocycles. The number of fused-ring (bicyclic) bond motifs is 3. The highest BCUT2D eigenvalue weighted by molar-refractivity contribution is 5.87. The minimum atomic E-state index is -1.04. The highest BCUT2D eigenvalue weighted by Crippen LogP contribution is 2.45. The van der Waals surface area contributed by atoms with Gasteiger partial charge in [0, 0.05) is 18.0 Å². The van der Waals surface area contributed by atoms with Gasteiger partial charge in [0.1, 0.15) is 13.2 Å². The van der Waals surface area contributed by atoms with Crippen molar-refractivity contribution in [1.29, 1.82) is 0 Å². The zero-order valence-electron chi connectivity index (χ0n) is 20.6. The zero-order chi connectivity index (χ0) is 25.2. The van der Waals surface area contributed by atoms with E-state index in [2.05, 4.69) is 29.6 Å². The third-order valence-electron chi connectivity index (χ3n) is 7.77. The Morgan fingerprint density at radius 3 is 2.29 bits per heavy atom. The average molecular weight is 479 g/mol. The van der Waals surface area contributed by atoms with Crippen LogP contribution in [0.5, 0.6) is 0 Å². The largest absolute Gasteiger partial charge is 0.480 e. The topological polar surface area (TPSA) is 95.9 Å². The summed E-state index contributed by atoms with van der Waals surface area (Å²) in [5, 5.41) is 12.3. The molecule has 2 aliphatic rings. The minimum absolute atomic E-state index is 0.0406. The average Bonchev–Trinajstić information content (AvgIpc) is 3.38. The number of carboxylic acid groups (broad SMARTS) is 1. The lowest BCUT2D eigenvalue weighted by Crippen LogP contribution is -2.55. The summed E-state index contributed by atoms with van der Waals surface area (Å²) in [5.41, 5.74) is 3.73. The summed E-state index contributed by atoms with van der Waals surface area (Å²) in [5.74, 6) is -1.31. The molecule has 3 unspecified atom stereocenters. The van der Waals surface area contributed by atoms with Crippen molar-refractivity contribution in [2.75, 3.05) is 13.2 Å². The number of nitrogens with zero attached hydrogens (tertiary/aromatic N) is 1. The molecule has 0 spiro atoms. The maximum atomic E-state index is 13.5. The van der Waals surface area contributed by atoms with Gasteiger partial charge in [0.15, 0.2) is 0 Å². The van der Waals surface area contributed by atoms with Crippen LogP contribution in [0, 0.1) is 5.41 Å². The number of carbonyl (C=O) groups excluding carboxylic acids is 2. The quantitative estimate of drug-likeness (QED) is 0.568. The molecule has 0 aromatic heterocycles. The predicted molar refractivity (Wildman–Crippen MR) is 133 cm³/mol. The monoisotopic (exact) mass is 478 g/mol. The van der Waals surface area contributed by atoms with Crippen LogP contribution >= 0.6 is 0 Å². The van der Waals surface area contributed by atoms with Gasteiger partial charge in [-0.05, 0) is 55.4 Å². The fraction of sp³-hybridized carbons (Fsp3) is 0.464. The van der Waals surface area contributed by atoms with Crippen molar-refractivity contribution in [2.24, 2.45) is 5.41 Å². The van der Waals surface area contributed by atoms with Gasteiger partial charge < -0.3 is 20.1 Å². The van der Waals surface area contributed by atoms with Gasteiger partial charge in [-0.3, -0.25) is 9.59 Å². The van der Waals surface area contributed by atoms with Gasteiger partial charge in [0.2, 0.25) is 5.91 Å². The molecule has 2 aromatic rings. The number of alkyl carbamates (subject to hydrolysis) is 1. The predicted octanol–water partition coefficient (Wildman–Crippen LogP) is 4.80. The Labute approximate surface area is 206 Å². The fourth-order valence-corrected chi connectivity index (χ4v) is 5.56. The molecule has 35 heavy (non-hydrogen) atoms. The third-order valence-corrected chi connectivity index (χ3v) is 7.77. The molecule has 1 fully saturated rings. The molecule has 2 N–H and O–H groups in total. The number of ether oxygens (including phenoxy) is 1. The van der Waals surface area contributed by atoms with Crippen LogP contribution in [0.2, 0.25) is 0 Å². The van der Waals surface area contributed by atoms with Gasteiger partial charge in [-0.25, -0.2) is 4.79 Å². The Morgan fingerprint density at radius 2 is 1.71 bits per heavy atom. The van der Waals surface area contributed by atoms with Gasteiger partial charge in [-0.15, -0.1) is 0 Å². The van der Waals surface area contributed by atoms with Gasteiger partial charge >= 0.3 is 12.1 Å². The summed E-state index contributed by atoms with van der Waals surface area (Å²) in [4.78, 5) is 39.2. The van der Waals surface area contributed by atoms with E-state index in [1.54, 1.807) is 0 Å². The van der Waals surface area contributed by atoms with Crippen LogP contribution in [0.25, 0.3) is 11.1 Å². The second-order valence-corrected chi connectivity index (χ2v) is 9.92. The van der Waals surface area contributed by atoms with Crippen LogP contribution in [0.15, 0.2) is 48.5 Å². The second kappa shape index (κ2) is 10.1. The fourth-order valence-electron chi connectivity index (χ4n) is 5.56. The number of carboxylic acids is 1. The molecule has 7 nitrogen and oxygen atoms in total. The molecule has 0 aliphatic heterocycles. The van der Waals surface area contributed by atoms with Crippen molar-refractivity contribution >= 4 is 18.0 Å². The first-order valence-electron chi connectivity index (χ1n) is 12.4. The van der Waals surface area contributed by atoms with Crippen LogP contribution < -0.4 is 5.32 Å². The molecule has 3 atom stereocenters. The van der Waals surface area contributed by atoms with Gasteiger partial charge in [0.25, 0.3) is 0 Å². The Bertz CT molecular complexity index is 1070. The number of benzene rings is 2. The van der Waals surface area contributed by atoms with E-state index in [9.17, 15) is 19.5 Å². The van der Waals surface area contributed by atoms with Crippen LogP contribution in [-0.2, 0) is 14.3 Å². The minimum Gasteiger partial charge on any atom is -0.480 e. The SMILES string of the molecule is CCC(C)N(CC(=O)O)C(=O)C1(C)CCCC1NC(=O)OCC1c2ccccc2-c2ccccc21. The first-order chi connectivity index (χ1) is 16.8. The standard InChI is InChI=1S/C28H34N2O5/c1-4-18(2)30(16-25(31)32)26(33)28(3)15-9-14-24(28)29-27(34)35-17-23-21-12-7-5-10-19(21)20-11-6-8-13-22(20)23/h5-8,10-13,18,23-24H,4,9,14-17H2,1-3H3,(H,29,34)(H,31,32). The number of hydrogen-bond acceptors (Lipinski definition) is 4. The van der Waals surface area contributed by atoms with E-state index in [4.69, 9.17) is 4.74 Å². The van der Waals surface area contributed by atoms with E-state index >= 15 is 0 Å². The molecular weight excluding hydrogens is 444 g/mol. The first-order valence-corrected chi connectivity index (χ1v) is 12.4. The molecule has 0 saturated heterocycles. The van der Waals surface area contributed by atoms with Crippen LogP contribution in [-0.4, -0.2) is 53.2 Å². The first kappa shape index (κ1) is 24.8. The van der Waals surface area contributed by atoms with E-state index in [-0.39, 0.29) is 31.0 Å². The summed E-state index contributed by atoms with van der Waals surface area (Å²) in [7, 11) is 0. The number of aliphatic carboxylic acids is 1. The van der Waals surface area contributed by atoms with E-state index in [0.717, 1.165) is 28.7 Å². The molecule has 1 saturated carbocycles. The van der Waals surface area contributed by atoms with Crippen LogP contribution in [0.4, 0.5) is 4.79 Å². The second-order valence-electron chi connectivity index (χ2n) is 9.92. The van der Waals surface area contributed by atoms with Crippen molar-refractivity contribution in [3.05, 3.63) is 59.7 Å². The summed E-state index contributed by atoms with van der Waals surface area (Å²) < 4.78 is 5.70. The van der Waals surface area contributed by atoms with Crippen molar-refractivity contribution in [3.63, 3.8) is 0 Å². The van der Waals surface area contributed by atoms with Gasteiger partial charge in [-0.1, -0.05) is 61.9 Å². The maximum Gasteiger partial charge on any atom is 0.407 e. The highest BCUT2D eigenvalue weighted by Gasteiger charge is 2.48. The molecule has 2 aromatic carbocycles. The van der Waals surface area contributed by atoms with Crippen molar-refractivity contribution < 1.29 is 24.2 Å². The van der Waals surface area contributed by atoms with E-state index in [1.807, 2.05) is 45.0 Å². The third kappa shape index (κ3) is 4.77. The maximum absolute atomic E-state index is 13.5. The summed E-state index contributed by atoms with van der Waals surface area (Å²) in [6.45, 7) is 5.47. The van der Waals surface area contributed by atoms with E-state index in [0.29, 0.717) is 19.3 Å². The van der Waals surface area contributed by atoms with Crippen LogP contribution in [0.1, 0.15) is 63.5 Å². The number of amides is 2. The lowest BCUT2D eigenvalue weighted by Gasteiger charge is -2.38. The molecule has 0 bridgehead atoms. The molecule has 2 amide bonds. The Morgan fingerprint density at radius 1 is 1.11 bits per heavy atom. The van der Waals surface area contributed by atoms with Crippen molar-refractivity contribution in [3.8, 4) is 11.1 Å². The Kier molecular flexibility index (Phi) is 7.15. The lowest BCUT2D eigenvalue weighted by molar-refractivity contribution is -0.152. The van der Waals surface area contributed by atoms with Gasteiger partial charge in [-0.2, -0.15) is 0 Å². The number of rotatable bonds is 8. The Hall–Kier alpha value is -3.35. The van der Waals surface area contributed by atoms with Crippen molar-refractivity contribution in [1.82, 2.24) is 10.2 Å². The van der Waals surface area contributed by atoms with Crippen molar-refractivity contribution in [2.45, 2.75) is 64.5 Å². The molecule has 2 aliphatic carbocycles. The highest BCUT2D eigenvalue weighted by atomic mass is 16.5. The molecule has 7 heteroatoms. The Balaban J connectivity index is 1.44. The molecule has 186 valence electrons. The summed E-state index contributed by atoms with van der Waals surface area (Å²) in [6, 6.07) is 15.7.